The zero-order valence-electron chi connectivity index (χ0n) is 13.9. The molecule has 1 unspecified atom stereocenters. The van der Waals surface area contributed by atoms with Crippen molar-refractivity contribution < 1.29 is 9.53 Å². The van der Waals surface area contributed by atoms with Crippen LogP contribution in [0.15, 0.2) is 60.7 Å². The Balaban J connectivity index is 1.59. The standard InChI is InChI=1S/C20H24N2O2/c23-20(16-24-18-11-5-2-6-12-18)21-19(15-22-13-7-8-14-22)17-9-3-1-4-10-17/h1-6,9-12,19H,7-8,13-16H2,(H,21,23). The first-order valence-electron chi connectivity index (χ1n) is 8.56. The van der Waals surface area contributed by atoms with Gasteiger partial charge in [-0.3, -0.25) is 4.79 Å². The first-order valence-corrected chi connectivity index (χ1v) is 8.56. The van der Waals surface area contributed by atoms with Gasteiger partial charge in [-0.15, -0.1) is 0 Å². The molecule has 0 aromatic heterocycles. The zero-order valence-corrected chi connectivity index (χ0v) is 13.9. The molecule has 0 saturated carbocycles. The van der Waals surface area contributed by atoms with E-state index in [1.807, 2.05) is 48.5 Å². The van der Waals surface area contributed by atoms with Crippen LogP contribution in [0.1, 0.15) is 24.4 Å². The van der Waals surface area contributed by atoms with Crippen LogP contribution < -0.4 is 10.1 Å². The third-order valence-electron chi connectivity index (χ3n) is 4.29. The average Bonchev–Trinajstić information content (AvgIpc) is 3.14. The van der Waals surface area contributed by atoms with Crippen molar-refractivity contribution in [3.05, 3.63) is 66.2 Å². The number of likely N-dealkylation sites (tertiary alicyclic amines) is 1. The molecule has 4 nitrogen and oxygen atoms in total. The summed E-state index contributed by atoms with van der Waals surface area (Å²) in [5.74, 6) is 0.621. The predicted octanol–water partition coefficient (Wildman–Crippen LogP) is 3.02. The number of hydrogen-bond acceptors (Lipinski definition) is 3. The lowest BCUT2D eigenvalue weighted by Gasteiger charge is -2.25. The smallest absolute Gasteiger partial charge is 0.258 e. The number of carbonyl (C=O) groups excluding carboxylic acids is 1. The van der Waals surface area contributed by atoms with Crippen molar-refractivity contribution in [3.63, 3.8) is 0 Å². The highest BCUT2D eigenvalue weighted by Crippen LogP contribution is 2.17. The number of rotatable bonds is 7. The molecule has 2 aromatic rings. The molecule has 3 rings (SSSR count). The fourth-order valence-electron chi connectivity index (χ4n) is 3.04. The maximum absolute atomic E-state index is 12.3. The second kappa shape index (κ2) is 8.50. The molecule has 1 aliphatic rings. The van der Waals surface area contributed by atoms with E-state index in [1.54, 1.807) is 0 Å². The maximum atomic E-state index is 12.3. The van der Waals surface area contributed by atoms with Crippen LogP contribution in [0.5, 0.6) is 5.75 Å². The van der Waals surface area contributed by atoms with Crippen LogP contribution in [-0.4, -0.2) is 37.0 Å². The Labute approximate surface area is 143 Å². The summed E-state index contributed by atoms with van der Waals surface area (Å²) in [6.45, 7) is 3.11. The summed E-state index contributed by atoms with van der Waals surface area (Å²) in [7, 11) is 0. The number of ether oxygens (including phenoxy) is 1. The molecule has 0 radical (unpaired) electrons. The van der Waals surface area contributed by atoms with E-state index >= 15 is 0 Å². The van der Waals surface area contributed by atoms with E-state index in [9.17, 15) is 4.79 Å². The normalized spacial score (nSPS) is 15.8. The Morgan fingerprint density at radius 1 is 1.00 bits per heavy atom. The van der Waals surface area contributed by atoms with Gasteiger partial charge in [0.15, 0.2) is 6.61 Å². The van der Waals surface area contributed by atoms with Gasteiger partial charge in [-0.25, -0.2) is 0 Å². The Morgan fingerprint density at radius 2 is 1.62 bits per heavy atom. The number of para-hydroxylation sites is 1. The molecule has 0 spiro atoms. The first-order chi connectivity index (χ1) is 11.8. The van der Waals surface area contributed by atoms with E-state index in [2.05, 4.69) is 22.3 Å². The molecule has 1 N–H and O–H groups in total. The van der Waals surface area contributed by atoms with Crippen molar-refractivity contribution in [2.75, 3.05) is 26.2 Å². The minimum atomic E-state index is -0.0908. The van der Waals surface area contributed by atoms with Crippen molar-refractivity contribution in [3.8, 4) is 5.75 Å². The second-order valence-electron chi connectivity index (χ2n) is 6.14. The number of amides is 1. The summed E-state index contributed by atoms with van der Waals surface area (Å²) in [5, 5.41) is 3.12. The Bertz CT molecular complexity index is 625. The van der Waals surface area contributed by atoms with Gasteiger partial charge < -0.3 is 15.0 Å². The highest BCUT2D eigenvalue weighted by molar-refractivity contribution is 5.78. The molecule has 0 bridgehead atoms. The van der Waals surface area contributed by atoms with Gasteiger partial charge in [0.1, 0.15) is 5.75 Å². The topological polar surface area (TPSA) is 41.6 Å². The Kier molecular flexibility index (Phi) is 5.85. The van der Waals surface area contributed by atoms with E-state index in [0.717, 1.165) is 25.2 Å². The number of benzene rings is 2. The van der Waals surface area contributed by atoms with E-state index in [-0.39, 0.29) is 18.6 Å². The van der Waals surface area contributed by atoms with Crippen molar-refractivity contribution in [1.29, 1.82) is 0 Å². The van der Waals surface area contributed by atoms with Crippen molar-refractivity contribution in [2.24, 2.45) is 0 Å². The molecule has 1 heterocycles. The molecule has 24 heavy (non-hydrogen) atoms. The largest absolute Gasteiger partial charge is 0.484 e. The van der Waals surface area contributed by atoms with Gasteiger partial charge in [0.2, 0.25) is 0 Å². The van der Waals surface area contributed by atoms with Gasteiger partial charge in [0, 0.05) is 6.54 Å². The Morgan fingerprint density at radius 3 is 2.29 bits per heavy atom. The van der Waals surface area contributed by atoms with Crippen molar-refractivity contribution in [2.45, 2.75) is 18.9 Å². The first kappa shape index (κ1) is 16.5. The molecule has 1 saturated heterocycles. The van der Waals surface area contributed by atoms with E-state index in [1.165, 1.54) is 12.8 Å². The molecule has 4 heteroatoms. The molecule has 1 aliphatic heterocycles. The maximum Gasteiger partial charge on any atom is 0.258 e. The van der Waals surface area contributed by atoms with Crippen LogP contribution in [0, 0.1) is 0 Å². The van der Waals surface area contributed by atoms with Gasteiger partial charge in [-0.1, -0.05) is 48.5 Å². The zero-order chi connectivity index (χ0) is 16.6. The van der Waals surface area contributed by atoms with Crippen LogP contribution in [0.3, 0.4) is 0 Å². The molecule has 0 aliphatic carbocycles. The van der Waals surface area contributed by atoms with Crippen LogP contribution in [-0.2, 0) is 4.79 Å². The molecule has 1 amide bonds. The van der Waals surface area contributed by atoms with Crippen LogP contribution in [0.2, 0.25) is 0 Å². The summed E-state index contributed by atoms with van der Waals surface area (Å²) >= 11 is 0. The number of nitrogens with one attached hydrogen (secondary N) is 1. The summed E-state index contributed by atoms with van der Waals surface area (Å²) in [6.07, 6.45) is 2.49. The van der Waals surface area contributed by atoms with Crippen LogP contribution in [0.25, 0.3) is 0 Å². The SMILES string of the molecule is O=C(COc1ccccc1)NC(CN1CCCC1)c1ccccc1. The third-order valence-corrected chi connectivity index (χ3v) is 4.29. The summed E-state index contributed by atoms with van der Waals surface area (Å²) in [6, 6.07) is 19.6. The van der Waals surface area contributed by atoms with Gasteiger partial charge in [-0.2, -0.15) is 0 Å². The summed E-state index contributed by atoms with van der Waals surface area (Å²) in [4.78, 5) is 14.7. The number of carbonyl (C=O) groups is 1. The van der Waals surface area contributed by atoms with Crippen LogP contribution in [0.4, 0.5) is 0 Å². The number of nitrogens with zero attached hydrogens (tertiary/aromatic N) is 1. The lowest BCUT2D eigenvalue weighted by Crippen LogP contribution is -2.39. The average molecular weight is 324 g/mol. The molecule has 1 atom stereocenters. The number of hydrogen-bond donors (Lipinski definition) is 1. The van der Waals surface area contributed by atoms with Gasteiger partial charge in [0.05, 0.1) is 6.04 Å². The van der Waals surface area contributed by atoms with E-state index in [0.29, 0.717) is 5.75 Å². The summed E-state index contributed by atoms with van der Waals surface area (Å²) < 4.78 is 5.55. The quantitative estimate of drug-likeness (QED) is 0.851. The monoisotopic (exact) mass is 324 g/mol. The molecular formula is C20H24N2O2. The van der Waals surface area contributed by atoms with Crippen LogP contribution >= 0.6 is 0 Å². The van der Waals surface area contributed by atoms with Gasteiger partial charge in [-0.05, 0) is 43.6 Å². The highest BCUT2D eigenvalue weighted by Gasteiger charge is 2.20. The highest BCUT2D eigenvalue weighted by atomic mass is 16.5. The fraction of sp³-hybridized carbons (Fsp3) is 0.350. The van der Waals surface area contributed by atoms with E-state index < -0.39 is 0 Å². The molecule has 126 valence electrons. The minimum absolute atomic E-state index is 0.00354. The fourth-order valence-corrected chi connectivity index (χ4v) is 3.04. The summed E-state index contributed by atoms with van der Waals surface area (Å²) in [5.41, 5.74) is 1.14. The predicted molar refractivity (Wildman–Crippen MR) is 94.9 cm³/mol. The molecule has 1 fully saturated rings. The third kappa shape index (κ3) is 4.83. The molecular weight excluding hydrogens is 300 g/mol. The van der Waals surface area contributed by atoms with E-state index in [4.69, 9.17) is 4.74 Å². The van der Waals surface area contributed by atoms with Crippen molar-refractivity contribution >= 4 is 5.91 Å². The minimum Gasteiger partial charge on any atom is -0.484 e. The van der Waals surface area contributed by atoms with Gasteiger partial charge in [0.25, 0.3) is 5.91 Å². The lowest BCUT2D eigenvalue weighted by atomic mass is 10.1. The van der Waals surface area contributed by atoms with Gasteiger partial charge >= 0.3 is 0 Å². The Hall–Kier alpha value is -2.33. The molecule has 2 aromatic carbocycles. The lowest BCUT2D eigenvalue weighted by molar-refractivity contribution is -0.124. The van der Waals surface area contributed by atoms with Crippen molar-refractivity contribution in [1.82, 2.24) is 10.2 Å². The second-order valence-corrected chi connectivity index (χ2v) is 6.14.